The van der Waals surface area contributed by atoms with Gasteiger partial charge in [0.1, 0.15) is 6.04 Å². The molecule has 2 heterocycles. The van der Waals surface area contributed by atoms with Crippen molar-refractivity contribution in [1.29, 1.82) is 5.26 Å². The summed E-state index contributed by atoms with van der Waals surface area (Å²) in [5.41, 5.74) is 3.58. The molecule has 3 aliphatic rings. The Labute approximate surface area is 250 Å². The topological polar surface area (TPSA) is 151 Å². The molecule has 2 N–H and O–H groups in total. The van der Waals surface area contributed by atoms with Gasteiger partial charge in [0.15, 0.2) is 5.82 Å². The maximum Gasteiger partial charge on any atom is 0.253 e. The molecule has 3 aromatic rings. The first-order valence-corrected chi connectivity index (χ1v) is 14.5. The number of hydrogen-bond donors (Lipinski definition) is 2. The lowest BCUT2D eigenvalue weighted by atomic mass is 9.72. The van der Waals surface area contributed by atoms with Crippen molar-refractivity contribution in [1.82, 2.24) is 40.6 Å². The molecule has 43 heavy (non-hydrogen) atoms. The normalized spacial score (nSPS) is 21.3. The summed E-state index contributed by atoms with van der Waals surface area (Å²) in [5.74, 6) is 0.572. The number of benzene rings is 2. The van der Waals surface area contributed by atoms with Crippen LogP contribution in [0.15, 0.2) is 36.4 Å². The fraction of sp³-hybridized carbons (Fsp3) is 0.452. The number of aromatic amines is 1. The zero-order chi connectivity index (χ0) is 30.6. The molecule has 0 bridgehead atoms. The number of likely N-dealkylation sites (tertiary alicyclic amines) is 1. The average molecular weight is 582 g/mol. The van der Waals surface area contributed by atoms with Crippen molar-refractivity contribution in [2.45, 2.75) is 49.7 Å². The van der Waals surface area contributed by atoms with Gasteiger partial charge in [0, 0.05) is 51.4 Å². The Balaban J connectivity index is 1.40. The third-order valence-electron chi connectivity index (χ3n) is 9.04. The lowest BCUT2D eigenvalue weighted by Crippen LogP contribution is -2.46. The molecule has 0 spiro atoms. The Morgan fingerprint density at radius 3 is 2.16 bits per heavy atom. The first-order chi connectivity index (χ1) is 20.6. The zero-order valence-corrected chi connectivity index (χ0v) is 25.0. The summed E-state index contributed by atoms with van der Waals surface area (Å²) in [6.07, 6.45) is 2.20. The molecule has 2 aromatic carbocycles. The predicted molar refractivity (Wildman–Crippen MR) is 157 cm³/mol. The first kappa shape index (κ1) is 28.5. The number of nitrogens with one attached hydrogen (secondary N) is 2. The third kappa shape index (κ3) is 4.64. The summed E-state index contributed by atoms with van der Waals surface area (Å²) >= 11 is 0. The zero-order valence-electron chi connectivity index (χ0n) is 25.0. The number of nitrogens with zero attached hydrogens (tertiary/aromatic N) is 7. The lowest BCUT2D eigenvalue weighted by Gasteiger charge is -2.32. The van der Waals surface area contributed by atoms with Crippen molar-refractivity contribution in [3.05, 3.63) is 64.5 Å². The number of piperidine rings is 1. The molecule has 2 fully saturated rings. The average Bonchev–Trinajstić information content (AvgIpc) is 3.32. The van der Waals surface area contributed by atoms with Crippen molar-refractivity contribution < 1.29 is 14.4 Å². The van der Waals surface area contributed by atoms with Crippen LogP contribution in [0, 0.1) is 17.2 Å². The van der Waals surface area contributed by atoms with Gasteiger partial charge in [0.25, 0.3) is 11.8 Å². The Kier molecular flexibility index (Phi) is 7.01. The van der Waals surface area contributed by atoms with Crippen LogP contribution in [-0.2, 0) is 10.2 Å². The van der Waals surface area contributed by atoms with E-state index >= 15 is 0 Å². The van der Waals surface area contributed by atoms with Gasteiger partial charge in [-0.05, 0) is 78.6 Å². The largest absolute Gasteiger partial charge is 0.345 e. The molecule has 1 saturated heterocycles. The summed E-state index contributed by atoms with van der Waals surface area (Å²) in [6, 6.07) is 13.1. The quantitative estimate of drug-likeness (QED) is 0.409. The molecule has 2 aliphatic carbocycles. The molecule has 3 amide bonds. The van der Waals surface area contributed by atoms with E-state index in [1.165, 1.54) is 9.80 Å². The highest BCUT2D eigenvalue weighted by molar-refractivity contribution is 5.99. The minimum absolute atomic E-state index is 0.0667. The number of hydrogen-bond acceptors (Lipinski definition) is 8. The summed E-state index contributed by atoms with van der Waals surface area (Å²) in [6.45, 7) is 2.11. The number of carbonyl (C=O) groups is 3. The highest BCUT2D eigenvalue weighted by Crippen LogP contribution is 2.54. The van der Waals surface area contributed by atoms with Crippen molar-refractivity contribution in [3.63, 3.8) is 0 Å². The van der Waals surface area contributed by atoms with E-state index in [2.05, 4.69) is 32.0 Å². The standard InChI is InChI=1S/C31H35N9O3/c1-17(33-16-27(41)40-21(15-32)10-20-13-26(20)40)14-31(30-34-36-37-35-30)24-8-6-18(28(42)38(2)3)11-22(24)23-12-19(7-9-25(23)31)29(43)39(4)5/h6-9,11-12,17,20-21,26,33H,10,13-14,16H2,1-5H3,(H,34,35,36,37)/t17-,20-,21?,26+/m1/s1. The highest BCUT2D eigenvalue weighted by Gasteiger charge is 2.54. The molecule has 1 aliphatic heterocycles. The van der Waals surface area contributed by atoms with E-state index < -0.39 is 5.41 Å². The molecular weight excluding hydrogens is 546 g/mol. The number of aromatic nitrogens is 4. The van der Waals surface area contributed by atoms with Gasteiger partial charge in [-0.1, -0.05) is 17.3 Å². The molecule has 1 unspecified atom stereocenters. The van der Waals surface area contributed by atoms with Gasteiger partial charge < -0.3 is 20.0 Å². The van der Waals surface area contributed by atoms with Crippen LogP contribution in [-0.4, -0.2) is 106 Å². The molecule has 0 radical (unpaired) electrons. The highest BCUT2D eigenvalue weighted by atomic mass is 16.2. The maximum atomic E-state index is 13.2. The van der Waals surface area contributed by atoms with Crippen LogP contribution in [0.5, 0.6) is 0 Å². The third-order valence-corrected chi connectivity index (χ3v) is 9.04. The van der Waals surface area contributed by atoms with Gasteiger partial charge in [0.2, 0.25) is 5.91 Å². The SMILES string of the molecule is C[C@H](CC1(c2nn[nH]n2)c2ccc(C(=O)N(C)C)cc2-c2cc(C(=O)N(C)C)ccc21)NCC(=O)N1C(C#N)C[C@@H]2C[C@@H]21. The molecule has 12 nitrogen and oxygen atoms in total. The number of tetrazole rings is 1. The number of amides is 3. The van der Waals surface area contributed by atoms with E-state index in [4.69, 9.17) is 0 Å². The van der Waals surface area contributed by atoms with Crippen LogP contribution in [0.4, 0.5) is 0 Å². The summed E-state index contributed by atoms with van der Waals surface area (Å²) < 4.78 is 0. The van der Waals surface area contributed by atoms with Gasteiger partial charge in [-0.25, -0.2) is 0 Å². The molecule has 12 heteroatoms. The second kappa shape index (κ2) is 10.6. The number of carbonyl (C=O) groups excluding carboxylic acids is 3. The molecular formula is C31H35N9O3. The molecule has 222 valence electrons. The van der Waals surface area contributed by atoms with E-state index in [0.29, 0.717) is 29.3 Å². The maximum absolute atomic E-state index is 13.2. The van der Waals surface area contributed by atoms with Crippen molar-refractivity contribution >= 4 is 17.7 Å². The van der Waals surface area contributed by atoms with Crippen LogP contribution in [0.25, 0.3) is 11.1 Å². The fourth-order valence-electron chi connectivity index (χ4n) is 6.92. The van der Waals surface area contributed by atoms with Gasteiger partial charge in [-0.15, -0.1) is 10.2 Å². The predicted octanol–water partition coefficient (Wildman–Crippen LogP) is 1.80. The monoisotopic (exact) mass is 581 g/mol. The van der Waals surface area contributed by atoms with E-state index in [1.54, 1.807) is 45.2 Å². The van der Waals surface area contributed by atoms with E-state index in [9.17, 15) is 19.6 Å². The van der Waals surface area contributed by atoms with Gasteiger partial charge in [-0.2, -0.15) is 10.5 Å². The minimum atomic E-state index is -0.878. The van der Waals surface area contributed by atoms with Gasteiger partial charge >= 0.3 is 0 Å². The Morgan fingerprint density at radius 1 is 1.05 bits per heavy atom. The van der Waals surface area contributed by atoms with Gasteiger partial charge in [0.05, 0.1) is 18.0 Å². The van der Waals surface area contributed by atoms with E-state index in [1.807, 2.05) is 31.2 Å². The molecule has 1 saturated carbocycles. The van der Waals surface area contributed by atoms with Crippen molar-refractivity contribution in [2.75, 3.05) is 34.7 Å². The Bertz CT molecular complexity index is 1570. The summed E-state index contributed by atoms with van der Waals surface area (Å²) in [5, 5.41) is 28.3. The van der Waals surface area contributed by atoms with E-state index in [-0.39, 0.29) is 42.4 Å². The van der Waals surface area contributed by atoms with Crippen LogP contribution < -0.4 is 5.32 Å². The summed E-state index contributed by atoms with van der Waals surface area (Å²) in [4.78, 5) is 44.0. The second-order valence-electron chi connectivity index (χ2n) is 12.3. The molecule has 1 aromatic heterocycles. The fourth-order valence-corrected chi connectivity index (χ4v) is 6.92. The number of H-pyrrole nitrogens is 1. The van der Waals surface area contributed by atoms with Crippen LogP contribution >= 0.6 is 0 Å². The van der Waals surface area contributed by atoms with E-state index in [0.717, 1.165) is 35.1 Å². The molecule has 6 rings (SSSR count). The smallest absolute Gasteiger partial charge is 0.253 e. The van der Waals surface area contributed by atoms with Crippen LogP contribution in [0.1, 0.15) is 63.9 Å². The first-order valence-electron chi connectivity index (χ1n) is 14.5. The van der Waals surface area contributed by atoms with Crippen molar-refractivity contribution in [3.8, 4) is 17.2 Å². The minimum Gasteiger partial charge on any atom is -0.345 e. The Hall–Kier alpha value is -4.63. The van der Waals surface area contributed by atoms with Crippen LogP contribution in [0.3, 0.4) is 0 Å². The molecule has 4 atom stereocenters. The Morgan fingerprint density at radius 2 is 1.65 bits per heavy atom. The summed E-state index contributed by atoms with van der Waals surface area (Å²) in [7, 11) is 6.83. The number of rotatable bonds is 8. The second-order valence-corrected chi connectivity index (χ2v) is 12.3. The number of fused-ring (bicyclic) bond motifs is 4. The lowest BCUT2D eigenvalue weighted by molar-refractivity contribution is -0.131. The van der Waals surface area contributed by atoms with Crippen molar-refractivity contribution in [2.24, 2.45) is 5.92 Å². The van der Waals surface area contributed by atoms with Crippen LogP contribution in [0.2, 0.25) is 0 Å². The van der Waals surface area contributed by atoms with Gasteiger partial charge in [-0.3, -0.25) is 14.4 Å². The number of nitriles is 1.